The van der Waals surface area contributed by atoms with Gasteiger partial charge in [-0.1, -0.05) is 0 Å². The molecule has 0 aromatic heterocycles. The van der Waals surface area contributed by atoms with Gasteiger partial charge in [-0.05, 0) is 18.8 Å². The van der Waals surface area contributed by atoms with Crippen molar-refractivity contribution in [2.24, 2.45) is 5.92 Å². The molecule has 1 N–H and O–H groups in total. The third kappa shape index (κ3) is 0.834. The summed E-state index contributed by atoms with van der Waals surface area (Å²) in [6.07, 6.45) is 2.19. The Kier molecular flexibility index (Phi) is 1.03. The number of carboxylic acid groups (broad SMARTS) is 1. The van der Waals surface area contributed by atoms with Crippen LogP contribution in [0.3, 0.4) is 0 Å². The normalized spacial score (nSPS) is 46.4. The summed E-state index contributed by atoms with van der Waals surface area (Å²) >= 11 is 1.65. The molecule has 0 aromatic rings. The van der Waals surface area contributed by atoms with Crippen molar-refractivity contribution >= 4 is 17.7 Å². The first-order valence-corrected chi connectivity index (χ1v) is 4.10. The molecule has 2 aliphatic rings. The van der Waals surface area contributed by atoms with Gasteiger partial charge in [0.15, 0.2) is 0 Å². The number of rotatable bonds is 1. The van der Waals surface area contributed by atoms with Gasteiger partial charge in [0.25, 0.3) is 0 Å². The maximum atomic E-state index is 10.3. The van der Waals surface area contributed by atoms with Crippen LogP contribution in [0.4, 0.5) is 0 Å². The van der Waals surface area contributed by atoms with E-state index in [1.807, 2.05) is 0 Å². The van der Waals surface area contributed by atoms with Gasteiger partial charge in [-0.15, -0.1) is 11.8 Å². The van der Waals surface area contributed by atoms with Crippen molar-refractivity contribution in [2.45, 2.75) is 23.3 Å². The standard InChI is InChI=1S/C6H8O2S/c7-6(8)5-2-3-1-4(3)9-5/h3-5H,1-2H2,(H,7,8). The minimum atomic E-state index is -0.618. The average molecular weight is 144 g/mol. The van der Waals surface area contributed by atoms with Crippen LogP contribution in [0, 0.1) is 5.92 Å². The summed E-state index contributed by atoms with van der Waals surface area (Å²) in [6, 6.07) is 0. The molecule has 0 amide bonds. The molecule has 3 unspecified atom stereocenters. The monoisotopic (exact) mass is 144 g/mol. The van der Waals surface area contributed by atoms with Gasteiger partial charge < -0.3 is 5.11 Å². The molecule has 0 bridgehead atoms. The summed E-state index contributed by atoms with van der Waals surface area (Å²) in [7, 11) is 0. The van der Waals surface area contributed by atoms with Crippen LogP contribution < -0.4 is 0 Å². The van der Waals surface area contributed by atoms with E-state index in [9.17, 15) is 4.79 Å². The van der Waals surface area contributed by atoms with Crippen molar-refractivity contribution in [1.29, 1.82) is 0 Å². The van der Waals surface area contributed by atoms with Gasteiger partial charge >= 0.3 is 5.97 Å². The van der Waals surface area contributed by atoms with Crippen molar-refractivity contribution in [3.8, 4) is 0 Å². The lowest BCUT2D eigenvalue weighted by atomic mass is 10.2. The number of thioether (sulfide) groups is 1. The largest absolute Gasteiger partial charge is 0.480 e. The van der Waals surface area contributed by atoms with Crippen molar-refractivity contribution in [3.05, 3.63) is 0 Å². The van der Waals surface area contributed by atoms with Crippen molar-refractivity contribution in [1.82, 2.24) is 0 Å². The van der Waals surface area contributed by atoms with E-state index < -0.39 is 5.97 Å². The van der Waals surface area contributed by atoms with Crippen LogP contribution in [0.15, 0.2) is 0 Å². The third-order valence-electron chi connectivity index (χ3n) is 1.99. The number of fused-ring (bicyclic) bond motifs is 1. The van der Waals surface area contributed by atoms with Crippen LogP contribution in [-0.2, 0) is 4.79 Å². The molecule has 0 radical (unpaired) electrons. The highest BCUT2D eigenvalue weighted by atomic mass is 32.2. The second kappa shape index (κ2) is 1.66. The Hall–Kier alpha value is -0.180. The van der Waals surface area contributed by atoms with E-state index in [-0.39, 0.29) is 5.25 Å². The Bertz CT molecular complexity index is 147. The van der Waals surface area contributed by atoms with E-state index >= 15 is 0 Å². The predicted molar refractivity (Wildman–Crippen MR) is 35.5 cm³/mol. The Morgan fingerprint density at radius 2 is 2.33 bits per heavy atom. The number of hydrogen-bond acceptors (Lipinski definition) is 2. The molecule has 2 rings (SSSR count). The Labute approximate surface area is 57.6 Å². The van der Waals surface area contributed by atoms with Crippen LogP contribution >= 0.6 is 11.8 Å². The van der Waals surface area contributed by atoms with Gasteiger partial charge in [-0.25, -0.2) is 0 Å². The van der Waals surface area contributed by atoms with Gasteiger partial charge in [-0.3, -0.25) is 4.79 Å². The fraction of sp³-hybridized carbons (Fsp3) is 0.833. The summed E-state index contributed by atoms with van der Waals surface area (Å²) < 4.78 is 0. The molecule has 1 heterocycles. The second-order valence-electron chi connectivity index (χ2n) is 2.73. The van der Waals surface area contributed by atoms with Crippen LogP contribution in [0.5, 0.6) is 0 Å². The zero-order valence-corrected chi connectivity index (χ0v) is 5.73. The van der Waals surface area contributed by atoms with Gasteiger partial charge in [0.1, 0.15) is 5.25 Å². The summed E-state index contributed by atoms with van der Waals surface area (Å²) in [5.41, 5.74) is 0. The molecule has 50 valence electrons. The van der Waals surface area contributed by atoms with Gasteiger partial charge in [-0.2, -0.15) is 0 Å². The first-order valence-electron chi connectivity index (χ1n) is 3.15. The van der Waals surface area contributed by atoms with Gasteiger partial charge in [0, 0.05) is 5.25 Å². The molecule has 1 aliphatic carbocycles. The third-order valence-corrected chi connectivity index (χ3v) is 3.64. The number of carbonyl (C=O) groups is 1. The van der Waals surface area contributed by atoms with Crippen LogP contribution in [0.25, 0.3) is 0 Å². The van der Waals surface area contributed by atoms with Crippen molar-refractivity contribution in [3.63, 3.8) is 0 Å². The van der Waals surface area contributed by atoms with Crippen LogP contribution in [-0.4, -0.2) is 21.6 Å². The highest BCUT2D eigenvalue weighted by Crippen LogP contribution is 2.54. The minimum absolute atomic E-state index is 0.0752. The molecule has 1 aliphatic heterocycles. The molecular weight excluding hydrogens is 136 g/mol. The maximum absolute atomic E-state index is 10.3. The Balaban J connectivity index is 1.97. The number of aliphatic carboxylic acids is 1. The zero-order valence-electron chi connectivity index (χ0n) is 4.91. The molecule has 9 heavy (non-hydrogen) atoms. The summed E-state index contributed by atoms with van der Waals surface area (Å²) in [5.74, 6) is 0.142. The first-order chi connectivity index (χ1) is 4.27. The van der Waals surface area contributed by atoms with Crippen LogP contribution in [0.1, 0.15) is 12.8 Å². The molecule has 2 fully saturated rings. The fourth-order valence-corrected chi connectivity index (χ4v) is 2.92. The first kappa shape index (κ1) is 5.59. The molecule has 0 aromatic carbocycles. The second-order valence-corrected chi connectivity index (χ2v) is 4.18. The fourth-order valence-electron chi connectivity index (χ4n) is 1.34. The summed E-state index contributed by atoms with van der Waals surface area (Å²) in [6.45, 7) is 0. The molecule has 2 nitrogen and oxygen atoms in total. The molecule has 1 saturated carbocycles. The van der Waals surface area contributed by atoms with E-state index in [0.29, 0.717) is 5.25 Å². The van der Waals surface area contributed by atoms with Crippen molar-refractivity contribution in [2.75, 3.05) is 0 Å². The lowest BCUT2D eigenvalue weighted by Crippen LogP contribution is -2.13. The molecule has 3 heteroatoms. The van der Waals surface area contributed by atoms with Crippen molar-refractivity contribution < 1.29 is 9.90 Å². The zero-order chi connectivity index (χ0) is 6.43. The van der Waals surface area contributed by atoms with Crippen LogP contribution in [0.2, 0.25) is 0 Å². The number of hydrogen-bond donors (Lipinski definition) is 1. The quantitative estimate of drug-likeness (QED) is 0.595. The lowest BCUT2D eigenvalue weighted by molar-refractivity contribution is -0.136. The van der Waals surface area contributed by atoms with E-state index in [4.69, 9.17) is 5.11 Å². The van der Waals surface area contributed by atoms with E-state index in [1.165, 1.54) is 6.42 Å². The lowest BCUT2D eigenvalue weighted by Gasteiger charge is -2.01. The SMILES string of the molecule is O=C(O)C1CC2CC2S1. The maximum Gasteiger partial charge on any atom is 0.316 e. The predicted octanol–water partition coefficient (Wildman–Crippen LogP) is 0.965. The Morgan fingerprint density at radius 3 is 2.67 bits per heavy atom. The molecular formula is C6H8O2S. The van der Waals surface area contributed by atoms with Gasteiger partial charge in [0.2, 0.25) is 0 Å². The average Bonchev–Trinajstić information content (AvgIpc) is 2.40. The highest BCUT2D eigenvalue weighted by Gasteiger charge is 2.49. The van der Waals surface area contributed by atoms with E-state index in [1.54, 1.807) is 11.8 Å². The summed E-state index contributed by atoms with van der Waals surface area (Å²) in [5, 5.41) is 9.17. The Morgan fingerprint density at radius 1 is 1.56 bits per heavy atom. The minimum Gasteiger partial charge on any atom is -0.480 e. The van der Waals surface area contributed by atoms with E-state index in [0.717, 1.165) is 12.3 Å². The molecule has 0 spiro atoms. The van der Waals surface area contributed by atoms with Gasteiger partial charge in [0.05, 0.1) is 0 Å². The molecule has 3 atom stereocenters. The highest BCUT2D eigenvalue weighted by molar-refractivity contribution is 8.01. The van der Waals surface area contributed by atoms with E-state index in [2.05, 4.69) is 0 Å². The topological polar surface area (TPSA) is 37.3 Å². The summed E-state index contributed by atoms with van der Waals surface area (Å²) in [4.78, 5) is 10.3. The number of carboxylic acids is 1. The smallest absolute Gasteiger partial charge is 0.316 e. The molecule has 1 saturated heterocycles.